The smallest absolute Gasteiger partial charge is 0.0391 e. The van der Waals surface area contributed by atoms with E-state index in [0.717, 1.165) is 0 Å². The second-order valence-corrected chi connectivity index (χ2v) is 5.02. The lowest BCUT2D eigenvalue weighted by Gasteiger charge is -2.19. The molecule has 0 aliphatic heterocycles. The van der Waals surface area contributed by atoms with Crippen LogP contribution >= 0.6 is 11.3 Å². The van der Waals surface area contributed by atoms with Crippen LogP contribution in [-0.4, -0.2) is 0 Å². The molecular weight excluding hydrogens is 214 g/mol. The summed E-state index contributed by atoms with van der Waals surface area (Å²) >= 11 is 1.81. The highest BCUT2D eigenvalue weighted by Gasteiger charge is 2.10. The molecule has 2 atom stereocenters. The highest BCUT2D eigenvalue weighted by molar-refractivity contribution is 7.10. The first kappa shape index (κ1) is 11.4. The van der Waals surface area contributed by atoms with E-state index in [0.29, 0.717) is 12.1 Å². The van der Waals surface area contributed by atoms with Crippen molar-refractivity contribution in [2.45, 2.75) is 25.9 Å². The van der Waals surface area contributed by atoms with Gasteiger partial charge in [0.2, 0.25) is 0 Å². The van der Waals surface area contributed by atoms with Crippen molar-refractivity contribution in [2.75, 3.05) is 0 Å². The van der Waals surface area contributed by atoms with E-state index in [1.54, 1.807) is 11.3 Å². The molecule has 0 saturated carbocycles. The van der Waals surface area contributed by atoms with Gasteiger partial charge in [0, 0.05) is 17.0 Å². The average molecular weight is 231 g/mol. The average Bonchev–Trinajstić information content (AvgIpc) is 2.83. The zero-order valence-corrected chi connectivity index (χ0v) is 10.5. The van der Waals surface area contributed by atoms with Crippen molar-refractivity contribution >= 4 is 11.3 Å². The van der Waals surface area contributed by atoms with Crippen molar-refractivity contribution in [3.63, 3.8) is 0 Å². The number of thiophene rings is 1. The first-order valence-electron chi connectivity index (χ1n) is 5.62. The second-order valence-electron chi connectivity index (χ2n) is 4.04. The number of rotatable bonds is 4. The minimum Gasteiger partial charge on any atom is -0.303 e. The fourth-order valence-electron chi connectivity index (χ4n) is 1.83. The van der Waals surface area contributed by atoms with Crippen LogP contribution in [0.1, 0.15) is 36.4 Å². The topological polar surface area (TPSA) is 12.0 Å². The molecule has 1 heterocycles. The van der Waals surface area contributed by atoms with Crippen LogP contribution in [-0.2, 0) is 0 Å². The molecule has 84 valence electrons. The van der Waals surface area contributed by atoms with Crippen molar-refractivity contribution in [1.82, 2.24) is 5.32 Å². The van der Waals surface area contributed by atoms with Gasteiger partial charge in [-0.1, -0.05) is 36.4 Å². The maximum absolute atomic E-state index is 3.61. The van der Waals surface area contributed by atoms with Crippen LogP contribution in [0.2, 0.25) is 0 Å². The lowest BCUT2D eigenvalue weighted by Crippen LogP contribution is -2.21. The standard InChI is InChI=1S/C14H17NS/c1-11(13-7-4-3-5-8-13)15-12(2)14-9-6-10-16-14/h3-12,15H,1-2H3/t11-,12?/m0/s1. The van der Waals surface area contributed by atoms with Crippen LogP contribution < -0.4 is 5.32 Å². The number of hydrogen-bond acceptors (Lipinski definition) is 2. The maximum atomic E-state index is 3.61. The molecule has 2 rings (SSSR count). The van der Waals surface area contributed by atoms with Crippen molar-refractivity contribution in [2.24, 2.45) is 0 Å². The summed E-state index contributed by atoms with van der Waals surface area (Å²) in [6.45, 7) is 4.42. The van der Waals surface area contributed by atoms with Gasteiger partial charge in [0.25, 0.3) is 0 Å². The van der Waals surface area contributed by atoms with Gasteiger partial charge in [0.15, 0.2) is 0 Å². The van der Waals surface area contributed by atoms with E-state index in [2.05, 4.69) is 67.0 Å². The molecule has 0 saturated heterocycles. The Morgan fingerprint density at radius 3 is 2.31 bits per heavy atom. The van der Waals surface area contributed by atoms with Crippen LogP contribution in [0.3, 0.4) is 0 Å². The van der Waals surface area contributed by atoms with Gasteiger partial charge in [0.05, 0.1) is 0 Å². The third-order valence-corrected chi connectivity index (χ3v) is 3.82. The number of benzene rings is 1. The summed E-state index contributed by atoms with van der Waals surface area (Å²) in [5, 5.41) is 5.73. The fraction of sp³-hybridized carbons (Fsp3) is 0.286. The minimum absolute atomic E-state index is 0.387. The lowest BCUT2D eigenvalue weighted by molar-refractivity contribution is 0.500. The first-order valence-corrected chi connectivity index (χ1v) is 6.49. The first-order chi connectivity index (χ1) is 7.77. The zero-order chi connectivity index (χ0) is 11.4. The second kappa shape index (κ2) is 5.28. The number of nitrogens with one attached hydrogen (secondary N) is 1. The molecule has 1 aromatic carbocycles. The highest BCUT2D eigenvalue weighted by atomic mass is 32.1. The zero-order valence-electron chi connectivity index (χ0n) is 9.68. The molecule has 2 heteroatoms. The highest BCUT2D eigenvalue weighted by Crippen LogP contribution is 2.22. The molecule has 2 aromatic rings. The summed E-state index contributed by atoms with van der Waals surface area (Å²) in [5.41, 5.74) is 1.34. The third kappa shape index (κ3) is 2.71. The Kier molecular flexibility index (Phi) is 3.75. The molecule has 0 bridgehead atoms. The molecule has 0 radical (unpaired) electrons. The molecule has 0 fully saturated rings. The Bertz CT molecular complexity index is 408. The fourth-order valence-corrected chi connectivity index (χ4v) is 2.58. The van der Waals surface area contributed by atoms with Gasteiger partial charge in [-0.05, 0) is 30.9 Å². The van der Waals surface area contributed by atoms with Crippen LogP contribution in [0, 0.1) is 0 Å². The molecule has 1 unspecified atom stereocenters. The maximum Gasteiger partial charge on any atom is 0.0391 e. The van der Waals surface area contributed by atoms with Gasteiger partial charge in [-0.25, -0.2) is 0 Å². The van der Waals surface area contributed by atoms with E-state index in [9.17, 15) is 0 Å². The SMILES string of the molecule is CC(N[C@@H](C)c1ccccc1)c1cccs1. The Morgan fingerprint density at radius 1 is 0.938 bits per heavy atom. The number of hydrogen-bond donors (Lipinski definition) is 1. The van der Waals surface area contributed by atoms with Gasteiger partial charge < -0.3 is 5.32 Å². The monoisotopic (exact) mass is 231 g/mol. The molecule has 1 N–H and O–H groups in total. The molecule has 16 heavy (non-hydrogen) atoms. The molecular formula is C14H17NS. The Hall–Kier alpha value is -1.12. The van der Waals surface area contributed by atoms with Gasteiger partial charge in [-0.3, -0.25) is 0 Å². The predicted octanol–water partition coefficient (Wildman–Crippen LogP) is 4.16. The summed E-state index contributed by atoms with van der Waals surface area (Å²) in [7, 11) is 0. The summed E-state index contributed by atoms with van der Waals surface area (Å²) in [5.74, 6) is 0. The van der Waals surface area contributed by atoms with Crippen LogP contribution in [0.15, 0.2) is 47.8 Å². The van der Waals surface area contributed by atoms with Crippen molar-refractivity contribution in [3.8, 4) is 0 Å². The van der Waals surface area contributed by atoms with Crippen molar-refractivity contribution in [1.29, 1.82) is 0 Å². The molecule has 0 aliphatic rings. The largest absolute Gasteiger partial charge is 0.303 e. The third-order valence-electron chi connectivity index (χ3n) is 2.77. The summed E-state index contributed by atoms with van der Waals surface area (Å²) in [6.07, 6.45) is 0. The van der Waals surface area contributed by atoms with Gasteiger partial charge >= 0.3 is 0 Å². The predicted molar refractivity (Wildman–Crippen MR) is 70.7 cm³/mol. The summed E-state index contributed by atoms with van der Waals surface area (Å²) < 4.78 is 0. The van der Waals surface area contributed by atoms with Crippen molar-refractivity contribution in [3.05, 3.63) is 58.3 Å². The van der Waals surface area contributed by atoms with Crippen molar-refractivity contribution < 1.29 is 0 Å². The molecule has 1 nitrogen and oxygen atoms in total. The van der Waals surface area contributed by atoms with Gasteiger partial charge in [0.1, 0.15) is 0 Å². The van der Waals surface area contributed by atoms with E-state index < -0.39 is 0 Å². The molecule has 0 spiro atoms. The summed E-state index contributed by atoms with van der Waals surface area (Å²) in [4.78, 5) is 1.39. The summed E-state index contributed by atoms with van der Waals surface area (Å²) in [6, 6.07) is 15.6. The van der Waals surface area contributed by atoms with E-state index in [1.165, 1.54) is 10.4 Å². The molecule has 0 aliphatic carbocycles. The Labute approximate surface area is 101 Å². The lowest BCUT2D eigenvalue weighted by atomic mass is 10.1. The van der Waals surface area contributed by atoms with E-state index in [1.807, 2.05) is 0 Å². The van der Waals surface area contributed by atoms with Gasteiger partial charge in [-0.2, -0.15) is 0 Å². The van der Waals surface area contributed by atoms with Crippen LogP contribution in [0.4, 0.5) is 0 Å². The molecule has 0 amide bonds. The van der Waals surface area contributed by atoms with E-state index in [4.69, 9.17) is 0 Å². The molecule has 1 aromatic heterocycles. The van der Waals surface area contributed by atoms with Crippen LogP contribution in [0.5, 0.6) is 0 Å². The quantitative estimate of drug-likeness (QED) is 0.833. The Balaban J connectivity index is 2.00. The van der Waals surface area contributed by atoms with E-state index in [-0.39, 0.29) is 0 Å². The minimum atomic E-state index is 0.387. The Morgan fingerprint density at radius 2 is 1.69 bits per heavy atom. The normalized spacial score (nSPS) is 14.6. The van der Waals surface area contributed by atoms with Gasteiger partial charge in [-0.15, -0.1) is 11.3 Å². The van der Waals surface area contributed by atoms with Crippen LogP contribution in [0.25, 0.3) is 0 Å². The van der Waals surface area contributed by atoms with E-state index >= 15 is 0 Å².